The SMILES string of the molecule is Cc1ccc(O)c(CNc2ccc(F)cc2Cl)n1. The summed E-state index contributed by atoms with van der Waals surface area (Å²) in [6.45, 7) is 2.16. The molecule has 0 bridgehead atoms. The minimum Gasteiger partial charge on any atom is -0.506 e. The third-order valence-electron chi connectivity index (χ3n) is 2.47. The van der Waals surface area contributed by atoms with Gasteiger partial charge in [0.25, 0.3) is 0 Å². The fraction of sp³-hybridized carbons (Fsp3) is 0.154. The molecule has 0 unspecified atom stereocenters. The van der Waals surface area contributed by atoms with Gasteiger partial charge in [0.15, 0.2) is 0 Å². The smallest absolute Gasteiger partial charge is 0.138 e. The second-order valence-electron chi connectivity index (χ2n) is 3.90. The molecule has 18 heavy (non-hydrogen) atoms. The molecule has 0 aliphatic carbocycles. The fourth-order valence-electron chi connectivity index (χ4n) is 1.55. The normalized spacial score (nSPS) is 10.4. The van der Waals surface area contributed by atoms with Gasteiger partial charge in [0, 0.05) is 5.69 Å². The van der Waals surface area contributed by atoms with Crippen LogP contribution in [-0.2, 0) is 6.54 Å². The van der Waals surface area contributed by atoms with E-state index in [4.69, 9.17) is 11.6 Å². The molecule has 2 aromatic rings. The lowest BCUT2D eigenvalue weighted by Gasteiger charge is -2.09. The monoisotopic (exact) mass is 266 g/mol. The molecule has 0 saturated heterocycles. The van der Waals surface area contributed by atoms with Gasteiger partial charge in [-0.2, -0.15) is 0 Å². The number of benzene rings is 1. The van der Waals surface area contributed by atoms with Gasteiger partial charge in [0.2, 0.25) is 0 Å². The molecule has 0 radical (unpaired) electrons. The number of pyridine rings is 1. The van der Waals surface area contributed by atoms with Crippen molar-refractivity contribution in [3.8, 4) is 5.75 Å². The first-order chi connectivity index (χ1) is 8.56. The summed E-state index contributed by atoms with van der Waals surface area (Å²) in [6, 6.07) is 7.41. The van der Waals surface area contributed by atoms with E-state index < -0.39 is 0 Å². The Kier molecular flexibility index (Phi) is 3.67. The second-order valence-corrected chi connectivity index (χ2v) is 4.30. The van der Waals surface area contributed by atoms with Gasteiger partial charge in [-0.05, 0) is 37.3 Å². The maximum atomic E-state index is 12.9. The van der Waals surface area contributed by atoms with Gasteiger partial charge in [0.1, 0.15) is 17.3 Å². The molecule has 1 aromatic heterocycles. The first-order valence-corrected chi connectivity index (χ1v) is 5.78. The summed E-state index contributed by atoms with van der Waals surface area (Å²) in [4.78, 5) is 4.21. The highest BCUT2D eigenvalue weighted by atomic mass is 35.5. The Labute approximate surface area is 109 Å². The minimum atomic E-state index is -0.387. The summed E-state index contributed by atoms with van der Waals surface area (Å²) < 4.78 is 12.9. The molecule has 0 amide bonds. The lowest BCUT2D eigenvalue weighted by Crippen LogP contribution is -2.03. The number of aromatic hydroxyl groups is 1. The molecule has 2 rings (SSSR count). The van der Waals surface area contributed by atoms with Gasteiger partial charge >= 0.3 is 0 Å². The highest BCUT2D eigenvalue weighted by molar-refractivity contribution is 6.33. The van der Waals surface area contributed by atoms with Gasteiger partial charge in [-0.1, -0.05) is 11.6 Å². The van der Waals surface area contributed by atoms with Crippen molar-refractivity contribution in [3.05, 3.63) is 52.6 Å². The zero-order valence-electron chi connectivity index (χ0n) is 9.74. The predicted octanol–water partition coefficient (Wildman–Crippen LogP) is 3.50. The summed E-state index contributed by atoms with van der Waals surface area (Å²) >= 11 is 5.88. The lowest BCUT2D eigenvalue weighted by atomic mass is 10.2. The van der Waals surface area contributed by atoms with Crippen LogP contribution in [0.5, 0.6) is 5.75 Å². The van der Waals surface area contributed by atoms with Crippen molar-refractivity contribution in [2.75, 3.05) is 5.32 Å². The van der Waals surface area contributed by atoms with Crippen molar-refractivity contribution < 1.29 is 9.50 Å². The average Bonchev–Trinajstić information content (AvgIpc) is 2.32. The van der Waals surface area contributed by atoms with Crippen molar-refractivity contribution in [2.24, 2.45) is 0 Å². The largest absolute Gasteiger partial charge is 0.506 e. The van der Waals surface area contributed by atoms with Gasteiger partial charge < -0.3 is 10.4 Å². The molecule has 3 nitrogen and oxygen atoms in total. The Balaban J connectivity index is 2.13. The van der Waals surface area contributed by atoms with Crippen molar-refractivity contribution in [2.45, 2.75) is 13.5 Å². The first-order valence-electron chi connectivity index (χ1n) is 5.40. The third-order valence-corrected chi connectivity index (χ3v) is 2.78. The van der Waals surface area contributed by atoms with E-state index in [0.717, 1.165) is 5.69 Å². The highest BCUT2D eigenvalue weighted by Gasteiger charge is 2.05. The topological polar surface area (TPSA) is 45.1 Å². The molecule has 0 aliphatic rings. The molecule has 0 aliphatic heterocycles. The Hall–Kier alpha value is -1.81. The van der Waals surface area contributed by atoms with Crippen LogP contribution in [0.1, 0.15) is 11.4 Å². The zero-order chi connectivity index (χ0) is 13.1. The van der Waals surface area contributed by atoms with E-state index in [-0.39, 0.29) is 11.6 Å². The summed E-state index contributed by atoms with van der Waals surface area (Å²) in [5, 5.41) is 12.9. The number of aryl methyl sites for hydroxylation is 1. The maximum Gasteiger partial charge on any atom is 0.138 e. The Morgan fingerprint density at radius 1 is 1.33 bits per heavy atom. The number of aromatic nitrogens is 1. The van der Waals surface area contributed by atoms with Crippen molar-refractivity contribution >= 4 is 17.3 Å². The number of nitrogens with one attached hydrogen (secondary N) is 1. The Morgan fingerprint density at radius 3 is 2.83 bits per heavy atom. The molecule has 1 heterocycles. The molecule has 0 atom stereocenters. The molecule has 0 saturated carbocycles. The van der Waals surface area contributed by atoms with Crippen LogP contribution >= 0.6 is 11.6 Å². The van der Waals surface area contributed by atoms with Crippen LogP contribution in [0, 0.1) is 12.7 Å². The number of halogens is 2. The molecule has 94 valence electrons. The van der Waals surface area contributed by atoms with Crippen LogP contribution in [0.25, 0.3) is 0 Å². The molecule has 2 N–H and O–H groups in total. The van der Waals surface area contributed by atoms with Crippen molar-refractivity contribution in [3.63, 3.8) is 0 Å². The number of hydrogen-bond acceptors (Lipinski definition) is 3. The van der Waals surface area contributed by atoms with E-state index in [9.17, 15) is 9.50 Å². The quantitative estimate of drug-likeness (QED) is 0.894. The van der Waals surface area contributed by atoms with Crippen molar-refractivity contribution in [1.82, 2.24) is 4.98 Å². The van der Waals surface area contributed by atoms with Crippen LogP contribution in [0.15, 0.2) is 30.3 Å². The van der Waals surface area contributed by atoms with E-state index in [0.29, 0.717) is 22.9 Å². The van der Waals surface area contributed by atoms with E-state index in [2.05, 4.69) is 10.3 Å². The zero-order valence-corrected chi connectivity index (χ0v) is 10.5. The van der Waals surface area contributed by atoms with Crippen LogP contribution in [0.4, 0.5) is 10.1 Å². The number of nitrogens with zero attached hydrogens (tertiary/aromatic N) is 1. The van der Waals surface area contributed by atoms with Gasteiger partial charge in [0.05, 0.1) is 17.3 Å². The lowest BCUT2D eigenvalue weighted by molar-refractivity contribution is 0.464. The van der Waals surface area contributed by atoms with Crippen LogP contribution in [-0.4, -0.2) is 10.1 Å². The molecular formula is C13H12ClFN2O. The summed E-state index contributed by atoms with van der Waals surface area (Å²) in [5.74, 6) is -0.270. The predicted molar refractivity (Wildman–Crippen MR) is 69.4 cm³/mol. The fourth-order valence-corrected chi connectivity index (χ4v) is 1.78. The standard InChI is InChI=1S/C13H12ClFN2O/c1-8-2-5-13(18)12(17-8)7-16-11-4-3-9(15)6-10(11)14/h2-6,16,18H,7H2,1H3. The van der Waals surface area contributed by atoms with Gasteiger partial charge in [-0.25, -0.2) is 4.39 Å². The van der Waals surface area contributed by atoms with E-state index in [1.807, 2.05) is 6.92 Å². The molecular weight excluding hydrogens is 255 g/mol. The van der Waals surface area contributed by atoms with Crippen molar-refractivity contribution in [1.29, 1.82) is 0 Å². The molecule has 5 heteroatoms. The summed E-state index contributed by atoms with van der Waals surface area (Å²) in [5.41, 5.74) is 1.94. The molecule has 1 aromatic carbocycles. The molecule has 0 fully saturated rings. The van der Waals surface area contributed by atoms with E-state index in [1.165, 1.54) is 12.1 Å². The second kappa shape index (κ2) is 5.23. The van der Waals surface area contributed by atoms with Crippen LogP contribution in [0.3, 0.4) is 0 Å². The Bertz CT molecular complexity index is 575. The number of hydrogen-bond donors (Lipinski definition) is 2. The Morgan fingerprint density at radius 2 is 2.11 bits per heavy atom. The van der Waals surface area contributed by atoms with Crippen LogP contribution < -0.4 is 5.32 Å². The molecule has 0 spiro atoms. The van der Waals surface area contributed by atoms with Crippen LogP contribution in [0.2, 0.25) is 5.02 Å². The number of rotatable bonds is 3. The third kappa shape index (κ3) is 2.90. The average molecular weight is 267 g/mol. The number of anilines is 1. The maximum absolute atomic E-state index is 12.9. The summed E-state index contributed by atoms with van der Waals surface area (Å²) in [6.07, 6.45) is 0. The first kappa shape index (κ1) is 12.6. The summed E-state index contributed by atoms with van der Waals surface area (Å²) in [7, 11) is 0. The highest BCUT2D eigenvalue weighted by Crippen LogP contribution is 2.24. The minimum absolute atomic E-state index is 0.117. The van der Waals surface area contributed by atoms with Gasteiger partial charge in [-0.15, -0.1) is 0 Å². The van der Waals surface area contributed by atoms with Gasteiger partial charge in [-0.3, -0.25) is 4.98 Å². The van der Waals surface area contributed by atoms with E-state index >= 15 is 0 Å². The van der Waals surface area contributed by atoms with E-state index in [1.54, 1.807) is 18.2 Å².